The second-order valence-electron chi connectivity index (χ2n) is 12.9. The number of fused-ring (bicyclic) bond motifs is 2. The predicted molar refractivity (Wildman–Crippen MR) is 143 cm³/mol. The number of hydrogen-bond acceptors (Lipinski definition) is 6. The third-order valence-corrected chi connectivity index (χ3v) is 8.94. The van der Waals surface area contributed by atoms with Gasteiger partial charge in [0, 0.05) is 12.5 Å². The summed E-state index contributed by atoms with van der Waals surface area (Å²) in [5.74, 6) is -0.546. The van der Waals surface area contributed by atoms with E-state index in [1.54, 1.807) is 17.0 Å². The lowest BCUT2D eigenvalue weighted by atomic mass is 9.64. The molecule has 0 aromatic heterocycles. The number of amides is 1. The lowest BCUT2D eigenvalue weighted by Gasteiger charge is -2.45. The summed E-state index contributed by atoms with van der Waals surface area (Å²) in [6, 6.07) is 6.02. The van der Waals surface area contributed by atoms with Crippen LogP contribution in [0.25, 0.3) is 5.57 Å². The number of likely N-dealkylation sites (tertiary alicyclic amines) is 2. The first kappa shape index (κ1) is 27.3. The number of ether oxygens (including phenoxy) is 1. The van der Waals surface area contributed by atoms with E-state index in [-0.39, 0.29) is 35.5 Å². The first-order valence-electron chi connectivity index (χ1n) is 14.0. The van der Waals surface area contributed by atoms with Gasteiger partial charge in [0.25, 0.3) is 0 Å². The highest BCUT2D eigenvalue weighted by molar-refractivity contribution is 5.83. The van der Waals surface area contributed by atoms with Crippen LogP contribution < -0.4 is 5.32 Å². The highest BCUT2D eigenvalue weighted by Crippen LogP contribution is 2.50. The Labute approximate surface area is 225 Å². The van der Waals surface area contributed by atoms with Crippen molar-refractivity contribution in [3.05, 3.63) is 41.2 Å². The molecular weight excluding hydrogens is 483 g/mol. The van der Waals surface area contributed by atoms with Crippen LogP contribution in [0.1, 0.15) is 70.4 Å². The molecule has 1 amide bonds. The number of nitrogens with zero attached hydrogens (tertiary/aromatic N) is 3. The second-order valence-corrected chi connectivity index (χ2v) is 12.9. The monoisotopic (exact) mass is 524 g/mol. The van der Waals surface area contributed by atoms with E-state index in [1.165, 1.54) is 5.57 Å². The lowest BCUT2D eigenvalue weighted by molar-refractivity contribution is -0.254. The van der Waals surface area contributed by atoms with E-state index in [9.17, 15) is 15.2 Å². The molecule has 1 aromatic carbocycles. The molecule has 7 nitrogen and oxygen atoms in total. The highest BCUT2D eigenvalue weighted by Gasteiger charge is 2.52. The van der Waals surface area contributed by atoms with Crippen LogP contribution in [0.4, 0.5) is 4.39 Å². The molecule has 2 N–H and O–H groups in total. The fourth-order valence-corrected chi connectivity index (χ4v) is 6.87. The van der Waals surface area contributed by atoms with E-state index in [1.807, 2.05) is 26.8 Å². The summed E-state index contributed by atoms with van der Waals surface area (Å²) >= 11 is 0. The van der Waals surface area contributed by atoms with E-state index in [0.717, 1.165) is 57.2 Å². The molecule has 1 saturated carbocycles. The Balaban J connectivity index is 1.22. The largest absolute Gasteiger partial charge is 0.356 e. The summed E-state index contributed by atoms with van der Waals surface area (Å²) in [5.41, 5.74) is 2.21. The van der Waals surface area contributed by atoms with E-state index in [4.69, 9.17) is 4.74 Å². The molecule has 5 rings (SSSR count). The molecule has 0 radical (unpaired) electrons. The number of halogens is 1. The second kappa shape index (κ2) is 10.3. The molecule has 1 aromatic rings. The van der Waals surface area contributed by atoms with Crippen LogP contribution in [0, 0.1) is 28.5 Å². The third kappa shape index (κ3) is 5.53. The van der Waals surface area contributed by atoms with Gasteiger partial charge in [-0.25, -0.2) is 9.29 Å². The molecule has 1 spiro atoms. The molecule has 1 unspecified atom stereocenters. The van der Waals surface area contributed by atoms with Gasteiger partial charge in [0.15, 0.2) is 0 Å². The van der Waals surface area contributed by atoms with Crippen LogP contribution in [-0.2, 0) is 16.0 Å². The number of carbonyl (C=O) groups is 1. The number of carbonyl (C=O) groups excluding carboxylic acids is 1. The smallest absolute Gasteiger partial charge is 0.238 e. The molecule has 3 fully saturated rings. The fourth-order valence-electron chi connectivity index (χ4n) is 6.87. The summed E-state index contributed by atoms with van der Waals surface area (Å²) in [6.45, 7) is 7.78. The number of nitriles is 1. The number of aliphatic hydroxyl groups excluding tert-OH is 1. The number of aliphatic hydroxyl groups is 1. The van der Waals surface area contributed by atoms with Crippen molar-refractivity contribution in [2.24, 2.45) is 11.3 Å². The quantitative estimate of drug-likeness (QED) is 0.528. The maximum atomic E-state index is 15.1. The minimum Gasteiger partial charge on any atom is -0.356 e. The molecule has 2 saturated heterocycles. The fraction of sp³-hybridized carbons (Fsp3) is 0.667. The lowest BCUT2D eigenvalue weighted by Crippen LogP contribution is -2.57. The van der Waals surface area contributed by atoms with Gasteiger partial charge in [0.2, 0.25) is 12.3 Å². The van der Waals surface area contributed by atoms with Crippen molar-refractivity contribution in [3.63, 3.8) is 0 Å². The molecule has 2 bridgehead atoms. The van der Waals surface area contributed by atoms with Gasteiger partial charge in [-0.2, -0.15) is 5.26 Å². The van der Waals surface area contributed by atoms with Gasteiger partial charge in [-0.3, -0.25) is 4.79 Å². The number of piperidine rings is 2. The van der Waals surface area contributed by atoms with Gasteiger partial charge in [-0.1, -0.05) is 18.2 Å². The van der Waals surface area contributed by atoms with Crippen molar-refractivity contribution < 1.29 is 19.0 Å². The highest BCUT2D eigenvalue weighted by atomic mass is 19.1. The van der Waals surface area contributed by atoms with Crippen LogP contribution in [-0.4, -0.2) is 71.1 Å². The Hall–Kier alpha value is -2.31. The molecule has 5 atom stereocenters. The number of allylic oxidation sites excluding steroid dienone is 2. The summed E-state index contributed by atoms with van der Waals surface area (Å²) in [5, 5.41) is 23.4. The number of rotatable bonds is 7. The Morgan fingerprint density at radius 1 is 1.32 bits per heavy atom. The Morgan fingerprint density at radius 2 is 2.03 bits per heavy atom. The van der Waals surface area contributed by atoms with Gasteiger partial charge in [0.1, 0.15) is 11.9 Å². The zero-order valence-electron chi connectivity index (χ0n) is 23.0. The van der Waals surface area contributed by atoms with E-state index in [2.05, 4.69) is 29.4 Å². The molecule has 4 aliphatic rings. The van der Waals surface area contributed by atoms with Gasteiger partial charge in [0.05, 0.1) is 17.7 Å². The van der Waals surface area contributed by atoms with Crippen molar-refractivity contribution in [1.82, 2.24) is 15.1 Å². The molecular formula is C30H41FN4O3. The van der Waals surface area contributed by atoms with Crippen LogP contribution >= 0.6 is 0 Å². The van der Waals surface area contributed by atoms with Crippen LogP contribution in [0.2, 0.25) is 0 Å². The Morgan fingerprint density at radius 3 is 2.66 bits per heavy atom. The average molecular weight is 525 g/mol. The van der Waals surface area contributed by atoms with Crippen molar-refractivity contribution in [2.75, 3.05) is 20.1 Å². The van der Waals surface area contributed by atoms with Crippen molar-refractivity contribution in [1.29, 1.82) is 5.26 Å². The summed E-state index contributed by atoms with van der Waals surface area (Å²) < 4.78 is 20.9. The topological polar surface area (TPSA) is 88.8 Å². The van der Waals surface area contributed by atoms with Gasteiger partial charge < -0.3 is 20.1 Å². The first-order chi connectivity index (χ1) is 18.0. The molecule has 38 heavy (non-hydrogen) atoms. The summed E-state index contributed by atoms with van der Waals surface area (Å²) in [7, 11) is 2.15. The number of nitrogens with one attached hydrogen (secondary N) is 1. The minimum atomic E-state index is -1.19. The molecule has 2 heterocycles. The van der Waals surface area contributed by atoms with E-state index in [0.29, 0.717) is 5.56 Å². The molecule has 8 heteroatoms. The maximum absolute atomic E-state index is 15.1. The molecule has 206 valence electrons. The number of benzene rings is 1. The van der Waals surface area contributed by atoms with Gasteiger partial charge in [-0.05, 0) is 114 Å². The average Bonchev–Trinajstić information content (AvgIpc) is 3.45. The van der Waals surface area contributed by atoms with Crippen LogP contribution in [0.3, 0.4) is 0 Å². The van der Waals surface area contributed by atoms with Crippen molar-refractivity contribution >= 4 is 11.5 Å². The van der Waals surface area contributed by atoms with Crippen molar-refractivity contribution in [3.8, 4) is 6.07 Å². The zero-order chi connectivity index (χ0) is 27.2. The zero-order valence-corrected chi connectivity index (χ0v) is 23.0. The third-order valence-electron chi connectivity index (χ3n) is 8.94. The maximum Gasteiger partial charge on any atom is 0.238 e. The van der Waals surface area contributed by atoms with Gasteiger partial charge in [-0.15, -0.1) is 0 Å². The summed E-state index contributed by atoms with van der Waals surface area (Å²) in [4.78, 5) is 17.4. The normalized spacial score (nSPS) is 28.4. The minimum absolute atomic E-state index is 0.0769. The van der Waals surface area contributed by atoms with E-state index < -0.39 is 24.1 Å². The van der Waals surface area contributed by atoms with Crippen LogP contribution in [0.5, 0.6) is 0 Å². The summed E-state index contributed by atoms with van der Waals surface area (Å²) in [6.07, 6.45) is 7.14. The first-order valence-corrected chi connectivity index (χ1v) is 14.0. The Bertz CT molecular complexity index is 1130. The van der Waals surface area contributed by atoms with Gasteiger partial charge >= 0.3 is 0 Å². The molecule has 2 aliphatic carbocycles. The molecule has 2 aliphatic heterocycles. The predicted octanol–water partition coefficient (Wildman–Crippen LogP) is 3.82. The van der Waals surface area contributed by atoms with Crippen LogP contribution in [0.15, 0.2) is 24.3 Å². The van der Waals surface area contributed by atoms with Crippen molar-refractivity contribution in [2.45, 2.75) is 95.9 Å². The standard InChI is InChI=1S/C30H41FN4O3/c1-29(2,3)38-28(37)35-24-8-7-21(14-24)26(35)27(36)33-23(18-32)13-20-6-5-19(15-25(20)31)22-16-30(17-22)9-11-34(4)12-10-30/h5-6,15-16,21,23-24,26,28,37H,7-14,17H2,1-4H3,(H,33,36)/t21-,23-,24+,26-,28?/m0/s1. The Kier molecular flexibility index (Phi) is 7.42. The number of hydrogen-bond donors (Lipinski definition) is 2. The van der Waals surface area contributed by atoms with E-state index >= 15 is 4.39 Å². The SMILES string of the molecule is CN1CCC2(C=C(c3ccc(C[C@@H](C#N)NC(=O)[C@@H]4[C@H]5CC[C@H](C5)N4C(O)OC(C)(C)C)c(F)c3)C2)CC1.